The molecule has 0 aliphatic rings. The van der Waals surface area contributed by atoms with Crippen LogP contribution >= 0.6 is 0 Å². The first-order chi connectivity index (χ1) is 19.1. The predicted octanol–water partition coefficient (Wildman–Crippen LogP) is 7.16. The van der Waals surface area contributed by atoms with E-state index in [2.05, 4.69) is 10.6 Å². The molecule has 7 heteroatoms. The van der Waals surface area contributed by atoms with Gasteiger partial charge in [-0.05, 0) is 97.6 Å². The van der Waals surface area contributed by atoms with Crippen LogP contribution in [0.1, 0.15) is 40.1 Å². The van der Waals surface area contributed by atoms with Gasteiger partial charge < -0.3 is 15.1 Å². The Hall–Kier alpha value is -4.78. The molecule has 5 nitrogen and oxygen atoms in total. The lowest BCUT2D eigenvalue weighted by Gasteiger charge is -2.26. The van der Waals surface area contributed by atoms with Crippen LogP contribution in [0.4, 0.5) is 8.78 Å². The van der Waals surface area contributed by atoms with Gasteiger partial charge in [0.25, 0.3) is 11.8 Å². The standard InChI is InChI=1S/C33H28F2N2O3/c1-33(2,19-20-7-12-25(34)13-8-20)37-31(38)24-6-4-5-22(17-24)23-11-16-28-27(18-23)29(32(39)36-3)30(40-28)21-9-14-26(35)15-10-21/h4-18H,19H2,1-3H3,(H,36,39)(H,37,38). The molecule has 40 heavy (non-hydrogen) atoms. The summed E-state index contributed by atoms with van der Waals surface area (Å²) in [5.74, 6) is -0.894. The zero-order chi connectivity index (χ0) is 28.4. The number of amides is 2. The molecule has 0 spiro atoms. The summed E-state index contributed by atoms with van der Waals surface area (Å²) in [6.07, 6.45) is 0.536. The summed E-state index contributed by atoms with van der Waals surface area (Å²) >= 11 is 0. The van der Waals surface area contributed by atoms with E-state index >= 15 is 0 Å². The van der Waals surface area contributed by atoms with Crippen LogP contribution in [0.15, 0.2) is 95.4 Å². The van der Waals surface area contributed by atoms with Gasteiger partial charge in [-0.2, -0.15) is 0 Å². The highest BCUT2D eigenvalue weighted by Crippen LogP contribution is 2.36. The van der Waals surface area contributed by atoms with E-state index in [0.29, 0.717) is 39.8 Å². The smallest absolute Gasteiger partial charge is 0.255 e. The van der Waals surface area contributed by atoms with E-state index in [1.54, 1.807) is 55.6 Å². The van der Waals surface area contributed by atoms with E-state index < -0.39 is 5.54 Å². The van der Waals surface area contributed by atoms with Crippen LogP contribution < -0.4 is 10.6 Å². The fourth-order valence-electron chi connectivity index (χ4n) is 4.81. The van der Waals surface area contributed by atoms with Crippen LogP contribution in [-0.2, 0) is 6.42 Å². The molecule has 1 heterocycles. The number of halogens is 2. The van der Waals surface area contributed by atoms with Gasteiger partial charge in [-0.15, -0.1) is 0 Å². The molecular weight excluding hydrogens is 510 g/mol. The molecule has 2 N–H and O–H groups in total. The van der Waals surface area contributed by atoms with Crippen molar-refractivity contribution in [2.75, 3.05) is 7.05 Å². The Morgan fingerprint density at radius 3 is 2.08 bits per heavy atom. The lowest BCUT2D eigenvalue weighted by molar-refractivity contribution is 0.0911. The topological polar surface area (TPSA) is 71.3 Å². The number of furan rings is 1. The number of fused-ring (bicyclic) bond motifs is 1. The fourth-order valence-corrected chi connectivity index (χ4v) is 4.81. The predicted molar refractivity (Wildman–Crippen MR) is 152 cm³/mol. The van der Waals surface area contributed by atoms with E-state index in [1.165, 1.54) is 24.3 Å². The minimum atomic E-state index is -0.570. The lowest BCUT2D eigenvalue weighted by atomic mass is 9.94. The number of hydrogen-bond donors (Lipinski definition) is 2. The van der Waals surface area contributed by atoms with Crippen LogP contribution in [0.25, 0.3) is 33.4 Å². The Labute approximate surface area is 230 Å². The highest BCUT2D eigenvalue weighted by atomic mass is 19.1. The van der Waals surface area contributed by atoms with Gasteiger partial charge >= 0.3 is 0 Å². The van der Waals surface area contributed by atoms with Crippen molar-refractivity contribution in [3.05, 3.63) is 119 Å². The van der Waals surface area contributed by atoms with Gasteiger partial charge in [0, 0.05) is 29.1 Å². The number of nitrogens with one attached hydrogen (secondary N) is 2. The molecule has 0 fully saturated rings. The van der Waals surface area contributed by atoms with Crippen molar-refractivity contribution in [1.82, 2.24) is 10.6 Å². The third-order valence-corrected chi connectivity index (χ3v) is 6.72. The van der Waals surface area contributed by atoms with Crippen molar-refractivity contribution in [2.45, 2.75) is 25.8 Å². The second kappa shape index (κ2) is 10.8. The summed E-state index contributed by atoms with van der Waals surface area (Å²) in [5.41, 5.74) is 3.86. The molecule has 0 atom stereocenters. The maximum Gasteiger partial charge on any atom is 0.255 e. The average Bonchev–Trinajstić information content (AvgIpc) is 3.33. The number of hydrogen-bond acceptors (Lipinski definition) is 3. The van der Waals surface area contributed by atoms with Crippen LogP contribution in [0.3, 0.4) is 0 Å². The van der Waals surface area contributed by atoms with Crippen LogP contribution in [0.2, 0.25) is 0 Å². The van der Waals surface area contributed by atoms with Gasteiger partial charge in [-0.25, -0.2) is 8.78 Å². The average molecular weight is 539 g/mol. The molecule has 0 saturated heterocycles. The van der Waals surface area contributed by atoms with Crippen molar-refractivity contribution in [1.29, 1.82) is 0 Å². The number of benzene rings is 4. The largest absolute Gasteiger partial charge is 0.455 e. The summed E-state index contributed by atoms with van der Waals surface area (Å²) in [5, 5.41) is 6.34. The van der Waals surface area contributed by atoms with Gasteiger partial charge in [0.05, 0.1) is 5.56 Å². The first kappa shape index (κ1) is 26.8. The van der Waals surface area contributed by atoms with Crippen LogP contribution in [0, 0.1) is 11.6 Å². The summed E-state index contributed by atoms with van der Waals surface area (Å²) in [7, 11) is 1.54. The van der Waals surface area contributed by atoms with E-state index in [0.717, 1.165) is 16.7 Å². The highest BCUT2D eigenvalue weighted by Gasteiger charge is 2.24. The Morgan fingerprint density at radius 2 is 1.40 bits per heavy atom. The Kier molecular flexibility index (Phi) is 7.22. The normalized spacial score (nSPS) is 11.4. The molecule has 0 bridgehead atoms. The molecule has 5 rings (SSSR count). The van der Waals surface area contributed by atoms with Gasteiger partial charge in [0.2, 0.25) is 0 Å². The molecule has 0 unspecified atom stereocenters. The van der Waals surface area contributed by atoms with Crippen molar-refractivity contribution in [3.63, 3.8) is 0 Å². The van der Waals surface area contributed by atoms with Gasteiger partial charge in [0.15, 0.2) is 0 Å². The van der Waals surface area contributed by atoms with Crippen molar-refractivity contribution < 1.29 is 22.8 Å². The maximum absolute atomic E-state index is 13.5. The summed E-state index contributed by atoms with van der Waals surface area (Å²) in [6.45, 7) is 3.84. The first-order valence-corrected chi connectivity index (χ1v) is 12.9. The van der Waals surface area contributed by atoms with Gasteiger partial charge in [0.1, 0.15) is 23.0 Å². The van der Waals surface area contributed by atoms with E-state index in [-0.39, 0.29) is 23.4 Å². The summed E-state index contributed by atoms with van der Waals surface area (Å²) in [4.78, 5) is 26.1. The minimum absolute atomic E-state index is 0.233. The molecule has 5 aromatic rings. The van der Waals surface area contributed by atoms with Crippen molar-refractivity contribution in [2.24, 2.45) is 0 Å². The molecule has 0 aliphatic carbocycles. The molecule has 202 valence electrons. The lowest BCUT2D eigenvalue weighted by Crippen LogP contribution is -2.45. The van der Waals surface area contributed by atoms with Crippen molar-refractivity contribution >= 4 is 22.8 Å². The van der Waals surface area contributed by atoms with Crippen LogP contribution in [0.5, 0.6) is 0 Å². The molecule has 0 radical (unpaired) electrons. The second-order valence-electron chi connectivity index (χ2n) is 10.3. The number of carbonyl (C=O) groups excluding carboxylic acids is 2. The van der Waals surface area contributed by atoms with Gasteiger partial charge in [-0.3, -0.25) is 9.59 Å². The Morgan fingerprint density at radius 1 is 0.775 bits per heavy atom. The Balaban J connectivity index is 1.45. The zero-order valence-corrected chi connectivity index (χ0v) is 22.3. The fraction of sp³-hybridized carbons (Fsp3) is 0.152. The monoisotopic (exact) mass is 538 g/mol. The number of carbonyl (C=O) groups is 2. The van der Waals surface area contributed by atoms with Crippen molar-refractivity contribution in [3.8, 4) is 22.5 Å². The highest BCUT2D eigenvalue weighted by molar-refractivity contribution is 6.11. The third-order valence-electron chi connectivity index (χ3n) is 6.72. The molecule has 4 aromatic carbocycles. The van der Waals surface area contributed by atoms with Gasteiger partial charge in [-0.1, -0.05) is 30.3 Å². The maximum atomic E-state index is 13.5. The molecule has 0 saturated carbocycles. The quantitative estimate of drug-likeness (QED) is 0.231. The van der Waals surface area contributed by atoms with E-state index in [9.17, 15) is 18.4 Å². The molecular formula is C33H28F2N2O3. The zero-order valence-electron chi connectivity index (χ0n) is 22.3. The second-order valence-corrected chi connectivity index (χ2v) is 10.3. The summed E-state index contributed by atoms with van der Waals surface area (Å²) in [6, 6.07) is 24.8. The molecule has 0 aliphatic heterocycles. The summed E-state index contributed by atoms with van der Waals surface area (Å²) < 4.78 is 32.8. The van der Waals surface area contributed by atoms with E-state index in [1.807, 2.05) is 32.0 Å². The minimum Gasteiger partial charge on any atom is -0.455 e. The Bertz CT molecular complexity index is 1700. The SMILES string of the molecule is CNC(=O)c1c(-c2ccc(F)cc2)oc2ccc(-c3cccc(C(=O)NC(C)(C)Cc4ccc(F)cc4)c3)cc12. The molecule has 2 amide bonds. The van der Waals surface area contributed by atoms with E-state index in [4.69, 9.17) is 4.42 Å². The molecule has 1 aromatic heterocycles. The first-order valence-electron chi connectivity index (χ1n) is 12.9. The van der Waals surface area contributed by atoms with Crippen LogP contribution in [-0.4, -0.2) is 24.4 Å². The number of rotatable bonds is 7. The third kappa shape index (κ3) is 5.64.